The topological polar surface area (TPSA) is 49.9 Å². The van der Waals surface area contributed by atoms with Crippen molar-refractivity contribution < 1.29 is 14.3 Å². The van der Waals surface area contributed by atoms with Gasteiger partial charge in [0.1, 0.15) is 11.4 Å². The first-order chi connectivity index (χ1) is 14.1. The third-order valence-corrected chi connectivity index (χ3v) is 4.99. The van der Waals surface area contributed by atoms with Crippen molar-refractivity contribution in [3.63, 3.8) is 0 Å². The van der Waals surface area contributed by atoms with Crippen LogP contribution < -0.4 is 9.64 Å². The number of amides is 2. The Morgan fingerprint density at radius 2 is 1.59 bits per heavy atom. The van der Waals surface area contributed by atoms with E-state index in [4.69, 9.17) is 4.74 Å². The number of anilines is 1. The van der Waals surface area contributed by atoms with E-state index in [-0.39, 0.29) is 11.8 Å². The number of imide groups is 1. The molecule has 5 heteroatoms. The van der Waals surface area contributed by atoms with Crippen LogP contribution in [0, 0.1) is 0 Å². The number of ether oxygens (including phenoxy) is 1. The smallest absolute Gasteiger partial charge is 0.278 e. The number of nitrogens with zero attached hydrogens (tertiary/aromatic N) is 2. The third-order valence-electron chi connectivity index (χ3n) is 4.99. The summed E-state index contributed by atoms with van der Waals surface area (Å²) < 4.78 is 5.52. The highest BCUT2D eigenvalue weighted by atomic mass is 16.5. The maximum atomic E-state index is 13.3. The number of hydrogen-bond donors (Lipinski definition) is 0. The molecule has 0 saturated heterocycles. The molecule has 0 atom stereocenters. The monoisotopic (exact) mass is 392 g/mol. The molecule has 0 aliphatic carbocycles. The summed E-state index contributed by atoms with van der Waals surface area (Å²) in [5.74, 6) is 0.295. The molecule has 2 aromatic rings. The highest BCUT2D eigenvalue weighted by Crippen LogP contribution is 2.34. The van der Waals surface area contributed by atoms with E-state index in [1.165, 1.54) is 4.90 Å². The molecule has 29 heavy (non-hydrogen) atoms. The Morgan fingerprint density at radius 3 is 2.17 bits per heavy atom. The summed E-state index contributed by atoms with van der Waals surface area (Å²) in [7, 11) is 0. The fraction of sp³-hybridized carbons (Fsp3) is 0.333. The zero-order valence-corrected chi connectivity index (χ0v) is 17.4. The molecule has 0 radical (unpaired) electrons. The first-order valence-corrected chi connectivity index (χ1v) is 10.3. The molecule has 152 valence electrons. The number of rotatable bonds is 9. The van der Waals surface area contributed by atoms with Crippen LogP contribution in [0.15, 0.2) is 60.3 Å². The Morgan fingerprint density at radius 1 is 0.897 bits per heavy atom. The van der Waals surface area contributed by atoms with Crippen molar-refractivity contribution in [3.8, 4) is 5.75 Å². The van der Waals surface area contributed by atoms with Crippen LogP contribution in [0.4, 0.5) is 5.69 Å². The second-order valence-electron chi connectivity index (χ2n) is 6.88. The molecule has 0 saturated carbocycles. The number of carbonyl (C=O) groups is 2. The van der Waals surface area contributed by atoms with Gasteiger partial charge in [-0.2, -0.15) is 0 Å². The van der Waals surface area contributed by atoms with Crippen molar-refractivity contribution in [2.75, 3.05) is 24.6 Å². The van der Waals surface area contributed by atoms with Crippen LogP contribution in [-0.2, 0) is 9.59 Å². The number of hydrogen-bond acceptors (Lipinski definition) is 4. The number of benzene rings is 2. The van der Waals surface area contributed by atoms with Crippen molar-refractivity contribution in [3.05, 3.63) is 65.9 Å². The van der Waals surface area contributed by atoms with Crippen LogP contribution in [0.1, 0.15) is 39.2 Å². The number of para-hydroxylation sites is 1. The zero-order chi connectivity index (χ0) is 20.8. The lowest BCUT2D eigenvalue weighted by Gasteiger charge is -2.25. The van der Waals surface area contributed by atoms with Gasteiger partial charge in [-0.3, -0.25) is 14.5 Å². The molecule has 0 spiro atoms. The molecule has 0 aromatic heterocycles. The predicted octanol–water partition coefficient (Wildman–Crippen LogP) is 4.49. The van der Waals surface area contributed by atoms with Gasteiger partial charge >= 0.3 is 0 Å². The summed E-state index contributed by atoms with van der Waals surface area (Å²) in [6, 6.07) is 17.1. The van der Waals surface area contributed by atoms with Gasteiger partial charge in [0.15, 0.2) is 0 Å². The Bertz CT molecular complexity index is 888. The van der Waals surface area contributed by atoms with Gasteiger partial charge in [-0.15, -0.1) is 0 Å². The standard InChI is InChI=1S/C24H28N2O3/c1-4-7-17-26-23(27)21(18-13-15-20(16-14-18)29-6-3)22(24(26)28)25(5-2)19-11-9-8-10-12-19/h8-16H,4-7,17H2,1-3H3. The van der Waals surface area contributed by atoms with Crippen LogP contribution in [0.2, 0.25) is 0 Å². The molecule has 0 unspecified atom stereocenters. The fourth-order valence-corrected chi connectivity index (χ4v) is 3.56. The van der Waals surface area contributed by atoms with Crippen LogP contribution in [0.5, 0.6) is 5.75 Å². The molecule has 2 aromatic carbocycles. The maximum Gasteiger partial charge on any atom is 0.278 e. The molecule has 0 N–H and O–H groups in total. The molecule has 3 rings (SSSR count). The molecule has 2 amide bonds. The third kappa shape index (κ3) is 4.19. The van der Waals surface area contributed by atoms with Gasteiger partial charge in [0.2, 0.25) is 0 Å². The van der Waals surface area contributed by atoms with E-state index in [1.807, 2.05) is 73.3 Å². The highest BCUT2D eigenvalue weighted by Gasteiger charge is 2.41. The van der Waals surface area contributed by atoms with E-state index in [2.05, 4.69) is 6.92 Å². The second kappa shape index (κ2) is 9.41. The molecular formula is C24H28N2O3. The predicted molar refractivity (Wildman–Crippen MR) is 116 cm³/mol. The minimum Gasteiger partial charge on any atom is -0.494 e. The van der Waals surface area contributed by atoms with E-state index in [1.54, 1.807) is 0 Å². The summed E-state index contributed by atoms with van der Waals surface area (Å²) in [5.41, 5.74) is 2.53. The first kappa shape index (κ1) is 20.6. The minimum atomic E-state index is -0.225. The Labute approximate surface area is 172 Å². The summed E-state index contributed by atoms with van der Waals surface area (Å²) in [5, 5.41) is 0. The molecule has 5 nitrogen and oxygen atoms in total. The normalized spacial score (nSPS) is 14.0. The number of unbranched alkanes of at least 4 members (excludes halogenated alkanes) is 1. The van der Waals surface area contributed by atoms with Crippen molar-refractivity contribution in [2.45, 2.75) is 33.6 Å². The van der Waals surface area contributed by atoms with E-state index < -0.39 is 0 Å². The lowest BCUT2D eigenvalue weighted by Crippen LogP contribution is -2.36. The molecular weight excluding hydrogens is 364 g/mol. The summed E-state index contributed by atoms with van der Waals surface area (Å²) in [4.78, 5) is 29.9. The number of likely N-dealkylation sites (N-methyl/N-ethyl adjacent to an activating group) is 1. The average Bonchev–Trinajstić information content (AvgIpc) is 2.99. The van der Waals surface area contributed by atoms with Crippen molar-refractivity contribution >= 4 is 23.1 Å². The van der Waals surface area contributed by atoms with Crippen LogP contribution in [-0.4, -0.2) is 36.4 Å². The zero-order valence-electron chi connectivity index (χ0n) is 17.4. The van der Waals surface area contributed by atoms with Gasteiger partial charge in [0.05, 0.1) is 12.2 Å². The largest absolute Gasteiger partial charge is 0.494 e. The molecule has 0 bridgehead atoms. The van der Waals surface area contributed by atoms with Crippen molar-refractivity contribution in [1.29, 1.82) is 0 Å². The van der Waals surface area contributed by atoms with E-state index in [0.29, 0.717) is 31.0 Å². The summed E-state index contributed by atoms with van der Waals surface area (Å²) in [6.45, 7) is 7.56. The van der Waals surface area contributed by atoms with Gasteiger partial charge in [-0.25, -0.2) is 0 Å². The fourth-order valence-electron chi connectivity index (χ4n) is 3.56. The number of carbonyl (C=O) groups excluding carboxylic acids is 2. The lowest BCUT2D eigenvalue weighted by molar-refractivity contribution is -0.136. The average molecular weight is 392 g/mol. The molecule has 1 aliphatic rings. The Balaban J connectivity index is 2.10. The van der Waals surface area contributed by atoms with E-state index in [9.17, 15) is 9.59 Å². The molecule has 0 fully saturated rings. The molecule has 1 aliphatic heterocycles. The van der Waals surface area contributed by atoms with Crippen LogP contribution in [0.3, 0.4) is 0 Å². The van der Waals surface area contributed by atoms with E-state index >= 15 is 0 Å². The van der Waals surface area contributed by atoms with Crippen LogP contribution in [0.25, 0.3) is 5.57 Å². The van der Waals surface area contributed by atoms with E-state index in [0.717, 1.165) is 29.8 Å². The van der Waals surface area contributed by atoms with Gasteiger partial charge in [0, 0.05) is 18.8 Å². The minimum absolute atomic E-state index is 0.224. The quantitative estimate of drug-likeness (QED) is 0.590. The summed E-state index contributed by atoms with van der Waals surface area (Å²) in [6.07, 6.45) is 1.71. The van der Waals surface area contributed by atoms with Crippen LogP contribution >= 0.6 is 0 Å². The Kier molecular flexibility index (Phi) is 6.70. The lowest BCUT2D eigenvalue weighted by atomic mass is 10.0. The van der Waals surface area contributed by atoms with Gasteiger partial charge in [0.25, 0.3) is 11.8 Å². The van der Waals surface area contributed by atoms with Gasteiger partial charge in [-0.05, 0) is 50.1 Å². The maximum absolute atomic E-state index is 13.3. The second-order valence-corrected chi connectivity index (χ2v) is 6.88. The highest BCUT2D eigenvalue weighted by molar-refractivity contribution is 6.36. The van der Waals surface area contributed by atoms with Gasteiger partial charge in [-0.1, -0.05) is 43.7 Å². The summed E-state index contributed by atoms with van der Waals surface area (Å²) >= 11 is 0. The van der Waals surface area contributed by atoms with Gasteiger partial charge < -0.3 is 9.64 Å². The first-order valence-electron chi connectivity index (χ1n) is 10.3. The van der Waals surface area contributed by atoms with Crippen molar-refractivity contribution in [1.82, 2.24) is 4.90 Å². The van der Waals surface area contributed by atoms with Crippen molar-refractivity contribution in [2.24, 2.45) is 0 Å². The Hall–Kier alpha value is -3.08. The molecule has 1 heterocycles. The SMILES string of the molecule is CCCCN1C(=O)C(c2ccc(OCC)cc2)=C(N(CC)c2ccccc2)C1=O.